The molecular weight excluding hydrogens is 784 g/mol. The van der Waals surface area contributed by atoms with E-state index in [1.165, 1.54) is 36.2 Å². The van der Waals surface area contributed by atoms with E-state index in [1.807, 2.05) is 13.8 Å². The van der Waals surface area contributed by atoms with Gasteiger partial charge in [-0.05, 0) is 80.4 Å². The lowest BCUT2D eigenvalue weighted by atomic mass is 10.0. The van der Waals surface area contributed by atoms with Gasteiger partial charge in [-0.15, -0.1) is 23.7 Å². The molecule has 2 aromatic heterocycles. The number of halogens is 1. The number of hydrogen-bond donors (Lipinski definition) is 5. The highest BCUT2D eigenvalue weighted by atomic mass is 79.9. The number of carbonyl (C=O) groups excluding carboxylic acids is 4. The van der Waals surface area contributed by atoms with Gasteiger partial charge in [0.25, 0.3) is 0 Å². The number of carbonyl (C=O) groups is 5. The Morgan fingerprint density at radius 2 is 1.80 bits per heavy atom. The van der Waals surface area contributed by atoms with Gasteiger partial charge in [-0.3, -0.25) is 19.2 Å². The van der Waals surface area contributed by atoms with Gasteiger partial charge in [0.15, 0.2) is 10.6 Å². The number of methoxy groups -OCH3 is 1. The molecular formula is C37H45BrN6O9S. The number of carboxylic acids is 1. The van der Waals surface area contributed by atoms with Gasteiger partial charge in [-0.2, -0.15) is 0 Å². The minimum atomic E-state index is -1.23. The summed E-state index contributed by atoms with van der Waals surface area (Å²) in [5.41, 5.74) is 1.70. The summed E-state index contributed by atoms with van der Waals surface area (Å²) < 4.78 is 11.3. The average Bonchev–Trinajstić information content (AvgIpc) is 3.93. The maximum Gasteiger partial charge on any atom is 0.408 e. The van der Waals surface area contributed by atoms with Crippen LogP contribution in [-0.4, -0.2) is 87.6 Å². The summed E-state index contributed by atoms with van der Waals surface area (Å²) in [6.07, 6.45) is 9.22. The smallest absolute Gasteiger partial charge is 0.408 e. The highest BCUT2D eigenvalue weighted by Gasteiger charge is 2.38. The number of hydrogen-bond acceptors (Lipinski definition) is 10. The fraction of sp³-hybridized carbons (Fsp3) is 0.486. The minimum Gasteiger partial charge on any atom is -0.495 e. The van der Waals surface area contributed by atoms with Crippen molar-refractivity contribution in [3.05, 3.63) is 38.3 Å². The lowest BCUT2D eigenvalue weighted by molar-refractivity contribution is -0.145. The molecule has 0 bridgehead atoms. The molecule has 0 spiro atoms. The Balaban J connectivity index is 0.000000243. The van der Waals surface area contributed by atoms with Crippen molar-refractivity contribution < 1.29 is 38.6 Å². The van der Waals surface area contributed by atoms with Crippen LogP contribution < -0.4 is 26.1 Å². The normalized spacial score (nSPS) is 17.1. The second-order valence-corrected chi connectivity index (χ2v) is 15.0. The van der Waals surface area contributed by atoms with Crippen LogP contribution >= 0.6 is 27.3 Å². The number of anilines is 1. The third-order valence-electron chi connectivity index (χ3n) is 9.11. The van der Waals surface area contributed by atoms with Crippen molar-refractivity contribution in [1.29, 1.82) is 0 Å². The number of nitrogens with one attached hydrogen (secondary N) is 4. The van der Waals surface area contributed by atoms with E-state index in [4.69, 9.17) is 15.9 Å². The molecule has 1 saturated heterocycles. The van der Waals surface area contributed by atoms with E-state index in [-0.39, 0.29) is 23.4 Å². The van der Waals surface area contributed by atoms with E-state index in [0.717, 1.165) is 25.7 Å². The molecule has 17 heteroatoms. The van der Waals surface area contributed by atoms with Crippen LogP contribution in [0.4, 0.5) is 9.93 Å². The topological polar surface area (TPSA) is 209 Å². The monoisotopic (exact) mass is 828 g/mol. The number of ether oxygens (including phenoxy) is 2. The van der Waals surface area contributed by atoms with E-state index in [9.17, 15) is 33.9 Å². The molecule has 2 aliphatic rings. The predicted molar refractivity (Wildman–Crippen MR) is 207 cm³/mol. The molecule has 1 saturated carbocycles. The Hall–Kier alpha value is -4.95. The van der Waals surface area contributed by atoms with Gasteiger partial charge < -0.3 is 40.4 Å². The zero-order chi connectivity index (χ0) is 39.7. The van der Waals surface area contributed by atoms with Crippen molar-refractivity contribution in [2.75, 3.05) is 19.0 Å². The van der Waals surface area contributed by atoms with Crippen molar-refractivity contribution in [3.63, 3.8) is 0 Å². The first kappa shape index (κ1) is 41.8. The van der Waals surface area contributed by atoms with Gasteiger partial charge in [0, 0.05) is 35.2 Å². The summed E-state index contributed by atoms with van der Waals surface area (Å²) in [7, 11) is 1.57. The summed E-state index contributed by atoms with van der Waals surface area (Å²) in [5.74, 6) is -0.200. The molecule has 1 aliphatic heterocycles. The molecule has 0 radical (unpaired) electrons. The minimum absolute atomic E-state index is 0.0969. The lowest BCUT2D eigenvalue weighted by Gasteiger charge is -2.28. The number of aliphatic carboxylic acids is 1. The van der Waals surface area contributed by atoms with Gasteiger partial charge >= 0.3 is 12.1 Å². The van der Waals surface area contributed by atoms with Gasteiger partial charge in [-0.25, -0.2) is 14.6 Å². The van der Waals surface area contributed by atoms with E-state index in [2.05, 4.69) is 47.8 Å². The van der Waals surface area contributed by atoms with Crippen LogP contribution in [0, 0.1) is 24.2 Å². The zero-order valence-corrected chi connectivity index (χ0v) is 33.1. The summed E-state index contributed by atoms with van der Waals surface area (Å²) in [4.78, 5) is 82.0. The number of pyridine rings is 1. The third-order valence-corrected chi connectivity index (χ3v) is 10.7. The maximum absolute atomic E-state index is 12.8. The van der Waals surface area contributed by atoms with E-state index in [0.29, 0.717) is 57.0 Å². The molecule has 4 amide bonds. The number of rotatable bonds is 11. The van der Waals surface area contributed by atoms with Crippen molar-refractivity contribution in [2.45, 2.75) is 90.4 Å². The number of thiazole rings is 1. The molecule has 3 unspecified atom stereocenters. The summed E-state index contributed by atoms with van der Waals surface area (Å²) in [6, 6.07) is 2.06. The van der Waals surface area contributed by atoms with Crippen LogP contribution in [0.25, 0.3) is 22.3 Å². The number of nitrogens with zero attached hydrogens (tertiary/aromatic N) is 2. The van der Waals surface area contributed by atoms with E-state index >= 15 is 0 Å². The summed E-state index contributed by atoms with van der Waals surface area (Å²) in [6.45, 7) is 7.04. The fourth-order valence-corrected chi connectivity index (χ4v) is 7.31. The van der Waals surface area contributed by atoms with E-state index < -0.39 is 47.9 Å². The predicted octanol–water partition coefficient (Wildman–Crippen LogP) is 4.89. The molecule has 3 aromatic rings. The largest absolute Gasteiger partial charge is 0.495 e. The van der Waals surface area contributed by atoms with Gasteiger partial charge in [0.1, 0.15) is 30.0 Å². The first-order chi connectivity index (χ1) is 25.6. The second kappa shape index (κ2) is 18.9. The first-order valence-electron chi connectivity index (χ1n) is 17.6. The lowest BCUT2D eigenvalue weighted by Crippen LogP contribution is -2.55. The van der Waals surface area contributed by atoms with Crippen LogP contribution in [0.3, 0.4) is 0 Å². The van der Waals surface area contributed by atoms with E-state index in [1.54, 1.807) is 24.6 Å². The van der Waals surface area contributed by atoms with Gasteiger partial charge in [-0.1, -0.05) is 13.8 Å². The number of likely N-dealkylation sites (tertiary alicyclic amines) is 1. The standard InChI is InChI=1S/C20H29N3O6.C17H16BrN3O3S/c1-4-12(2)16(19(26)27)22-17(24)15-10-7-11-23(15)18(25)13(3)21-20(28)29-14-8-5-6-9-14;1-8(2)16(23)21-17-20-11(7-25-17)10-6-12(22)9-4-5-13(24-3)14(18)15(9)19-10/h1,12-16H,5-11H2,2-3H3,(H,21,28)(H,22,24)(H,26,27);4-8H,1-3H3,(H,19,22)(H,20,21,23)/t12?,13-,15?,16?;/m0./s1. The number of fused-ring (bicyclic) bond motifs is 1. The molecule has 2 fully saturated rings. The number of terminal acetylenes is 1. The van der Waals surface area contributed by atoms with Crippen molar-refractivity contribution >= 4 is 73.1 Å². The second-order valence-electron chi connectivity index (χ2n) is 13.4. The number of aromatic nitrogens is 2. The SMILES string of the molecule is C#CC(C)C(NC(=O)C1CCCN1C(=O)[C@H](C)NC(=O)OC1CCCC1)C(=O)O.COc1ccc2c(=O)cc(-c3csc(NC(=O)C(C)C)n3)[nH]c2c1Br. The van der Waals surface area contributed by atoms with Crippen molar-refractivity contribution in [3.8, 4) is 29.5 Å². The first-order valence-corrected chi connectivity index (χ1v) is 19.3. The number of amides is 4. The molecule has 4 atom stereocenters. The number of carboxylic acid groups (broad SMARTS) is 1. The molecule has 15 nitrogen and oxygen atoms in total. The quantitative estimate of drug-likeness (QED) is 0.165. The number of aromatic amines is 1. The highest BCUT2D eigenvalue weighted by molar-refractivity contribution is 9.10. The third kappa shape index (κ3) is 10.4. The van der Waals surface area contributed by atoms with Crippen LogP contribution in [0.5, 0.6) is 5.75 Å². The Bertz CT molecular complexity index is 1970. The summed E-state index contributed by atoms with van der Waals surface area (Å²) >= 11 is 4.78. The zero-order valence-electron chi connectivity index (χ0n) is 30.7. The van der Waals surface area contributed by atoms with Crippen LogP contribution in [-0.2, 0) is 23.9 Å². The van der Waals surface area contributed by atoms with Crippen LogP contribution in [0.15, 0.2) is 32.8 Å². The Morgan fingerprint density at radius 1 is 1.09 bits per heavy atom. The fourth-order valence-electron chi connectivity index (χ4n) is 5.99. The highest BCUT2D eigenvalue weighted by Crippen LogP contribution is 2.32. The molecule has 54 heavy (non-hydrogen) atoms. The van der Waals surface area contributed by atoms with Crippen LogP contribution in [0.2, 0.25) is 0 Å². The molecule has 1 aromatic carbocycles. The van der Waals surface area contributed by atoms with Gasteiger partial charge in [0.05, 0.1) is 28.5 Å². The molecule has 290 valence electrons. The van der Waals surface area contributed by atoms with Crippen molar-refractivity contribution in [2.24, 2.45) is 11.8 Å². The van der Waals surface area contributed by atoms with Gasteiger partial charge in [0.2, 0.25) is 17.7 Å². The number of alkyl carbamates (subject to hydrolysis) is 1. The molecule has 5 N–H and O–H groups in total. The number of H-pyrrole nitrogens is 1. The molecule has 3 heterocycles. The Morgan fingerprint density at radius 3 is 2.43 bits per heavy atom. The Labute approximate surface area is 325 Å². The van der Waals surface area contributed by atoms with Crippen molar-refractivity contribution in [1.82, 2.24) is 25.5 Å². The average molecular weight is 830 g/mol. The summed E-state index contributed by atoms with van der Waals surface area (Å²) in [5, 5.41) is 19.9. The Kier molecular flexibility index (Phi) is 14.6. The maximum atomic E-state index is 12.8. The number of benzene rings is 1. The van der Waals surface area contributed by atoms with Crippen LogP contribution in [0.1, 0.15) is 66.2 Å². The molecule has 5 rings (SSSR count). The molecule has 1 aliphatic carbocycles.